The molecule has 0 saturated heterocycles. The van der Waals surface area contributed by atoms with E-state index in [2.05, 4.69) is 10.6 Å². The van der Waals surface area contributed by atoms with Gasteiger partial charge in [-0.15, -0.1) is 0 Å². The summed E-state index contributed by atoms with van der Waals surface area (Å²) in [7, 11) is 0. The second-order valence-corrected chi connectivity index (χ2v) is 6.77. The van der Waals surface area contributed by atoms with Crippen molar-refractivity contribution in [3.05, 3.63) is 75.8 Å². The lowest BCUT2D eigenvalue weighted by atomic mass is 10.1. The Morgan fingerprint density at radius 1 is 1.14 bits per heavy atom. The van der Waals surface area contributed by atoms with Crippen LogP contribution in [0.3, 0.4) is 0 Å². The fraction of sp³-hybridized carbons (Fsp3) is 0.238. The number of anilines is 1. The van der Waals surface area contributed by atoms with E-state index in [1.54, 1.807) is 30.3 Å². The van der Waals surface area contributed by atoms with Gasteiger partial charge < -0.3 is 10.6 Å². The normalized spacial score (nSPS) is 14.5. The van der Waals surface area contributed by atoms with Gasteiger partial charge in [-0.1, -0.05) is 24.3 Å². The number of benzene rings is 2. The number of para-hydroxylation sites is 1. The molecule has 0 aliphatic heterocycles. The van der Waals surface area contributed by atoms with Crippen LogP contribution in [-0.4, -0.2) is 16.7 Å². The number of amides is 2. The molecule has 1 atom stereocenters. The third-order valence-electron chi connectivity index (χ3n) is 4.53. The van der Waals surface area contributed by atoms with Crippen molar-refractivity contribution in [3.8, 4) is 0 Å². The molecule has 1 fully saturated rings. The number of nitro groups is 1. The van der Waals surface area contributed by atoms with Gasteiger partial charge >= 0.3 is 0 Å². The highest BCUT2D eigenvalue weighted by Crippen LogP contribution is 2.30. The molecule has 0 radical (unpaired) electrons. The molecule has 0 spiro atoms. The van der Waals surface area contributed by atoms with Crippen LogP contribution in [0.2, 0.25) is 0 Å². The SMILES string of the molecule is CC(NC(=O)/C=C/c1ccccc1[N+](=O)[O-])c1ccc(NC(=O)C2CC2)cc1. The van der Waals surface area contributed by atoms with E-state index in [-0.39, 0.29) is 29.5 Å². The Kier molecular flexibility index (Phi) is 5.84. The summed E-state index contributed by atoms with van der Waals surface area (Å²) in [5.41, 5.74) is 1.93. The Morgan fingerprint density at radius 3 is 2.46 bits per heavy atom. The third-order valence-corrected chi connectivity index (χ3v) is 4.53. The van der Waals surface area contributed by atoms with E-state index in [0.29, 0.717) is 5.56 Å². The van der Waals surface area contributed by atoms with Gasteiger partial charge in [-0.3, -0.25) is 19.7 Å². The van der Waals surface area contributed by atoms with Gasteiger partial charge in [-0.25, -0.2) is 0 Å². The first-order valence-corrected chi connectivity index (χ1v) is 9.07. The van der Waals surface area contributed by atoms with E-state index in [1.165, 1.54) is 18.2 Å². The van der Waals surface area contributed by atoms with Crippen molar-refractivity contribution in [2.45, 2.75) is 25.8 Å². The minimum atomic E-state index is -0.482. The topological polar surface area (TPSA) is 101 Å². The third kappa shape index (κ3) is 5.03. The summed E-state index contributed by atoms with van der Waals surface area (Å²) in [6, 6.07) is 13.3. The van der Waals surface area contributed by atoms with Crippen LogP contribution in [0.25, 0.3) is 6.08 Å². The second kappa shape index (κ2) is 8.47. The highest BCUT2D eigenvalue weighted by Gasteiger charge is 2.29. The van der Waals surface area contributed by atoms with Gasteiger partial charge in [0.15, 0.2) is 0 Å². The Labute approximate surface area is 162 Å². The highest BCUT2D eigenvalue weighted by atomic mass is 16.6. The fourth-order valence-electron chi connectivity index (χ4n) is 2.75. The van der Waals surface area contributed by atoms with Crippen LogP contribution >= 0.6 is 0 Å². The lowest BCUT2D eigenvalue weighted by Gasteiger charge is -2.14. The molecule has 1 aliphatic carbocycles. The van der Waals surface area contributed by atoms with Gasteiger partial charge in [0.2, 0.25) is 11.8 Å². The monoisotopic (exact) mass is 379 g/mol. The molecule has 0 aromatic heterocycles. The summed E-state index contributed by atoms with van der Waals surface area (Å²) in [6.07, 6.45) is 4.61. The van der Waals surface area contributed by atoms with Gasteiger partial charge in [0.05, 0.1) is 16.5 Å². The lowest BCUT2D eigenvalue weighted by molar-refractivity contribution is -0.385. The van der Waals surface area contributed by atoms with Crippen LogP contribution in [0.5, 0.6) is 0 Å². The molecule has 2 N–H and O–H groups in total. The van der Waals surface area contributed by atoms with Crippen molar-refractivity contribution in [3.63, 3.8) is 0 Å². The number of carbonyl (C=O) groups is 2. The van der Waals surface area contributed by atoms with Gasteiger partial charge in [0.1, 0.15) is 0 Å². The standard InChI is InChI=1S/C21H21N3O4/c1-14(15-8-11-18(12-9-15)23-21(26)17-6-7-17)22-20(25)13-10-16-4-2-3-5-19(16)24(27)28/h2-5,8-14,17H,6-7H2,1H3,(H,22,25)(H,23,26)/b13-10+. The second-order valence-electron chi connectivity index (χ2n) is 6.77. The smallest absolute Gasteiger partial charge is 0.276 e. The predicted octanol–water partition coefficient (Wildman–Crippen LogP) is 3.83. The molecule has 1 aliphatic rings. The van der Waals surface area contributed by atoms with Crippen molar-refractivity contribution < 1.29 is 14.5 Å². The number of carbonyl (C=O) groups excluding carboxylic acids is 2. The van der Waals surface area contributed by atoms with Gasteiger partial charge in [0, 0.05) is 23.7 Å². The van der Waals surface area contributed by atoms with Gasteiger partial charge in [0.25, 0.3) is 5.69 Å². The van der Waals surface area contributed by atoms with Crippen molar-refractivity contribution in [2.75, 3.05) is 5.32 Å². The molecule has 28 heavy (non-hydrogen) atoms. The summed E-state index contributed by atoms with van der Waals surface area (Å²) in [5.74, 6) is -0.156. The maximum Gasteiger partial charge on any atom is 0.276 e. The van der Waals surface area contributed by atoms with Crippen molar-refractivity contribution >= 4 is 29.3 Å². The van der Waals surface area contributed by atoms with E-state index < -0.39 is 4.92 Å². The van der Waals surface area contributed by atoms with Crippen LogP contribution in [0.15, 0.2) is 54.6 Å². The minimum absolute atomic E-state index is 0.0502. The zero-order valence-electron chi connectivity index (χ0n) is 15.4. The molecule has 0 bridgehead atoms. The number of nitro benzene ring substituents is 1. The van der Waals surface area contributed by atoms with E-state index in [9.17, 15) is 19.7 Å². The molecule has 0 heterocycles. The van der Waals surface area contributed by atoms with Gasteiger partial charge in [-0.05, 0) is 49.6 Å². The molecule has 2 amide bonds. The lowest BCUT2D eigenvalue weighted by Crippen LogP contribution is -2.24. The van der Waals surface area contributed by atoms with E-state index in [1.807, 2.05) is 19.1 Å². The molecule has 144 valence electrons. The number of nitrogens with zero attached hydrogens (tertiary/aromatic N) is 1. The highest BCUT2D eigenvalue weighted by molar-refractivity contribution is 5.94. The van der Waals surface area contributed by atoms with Crippen LogP contribution in [0.4, 0.5) is 11.4 Å². The van der Waals surface area contributed by atoms with Crippen LogP contribution in [0, 0.1) is 16.0 Å². The van der Waals surface area contributed by atoms with Crippen molar-refractivity contribution in [1.82, 2.24) is 5.32 Å². The molecule has 7 heteroatoms. The average Bonchev–Trinajstić information content (AvgIpc) is 3.52. The molecular formula is C21H21N3O4. The Bertz CT molecular complexity index is 918. The van der Waals surface area contributed by atoms with Gasteiger partial charge in [-0.2, -0.15) is 0 Å². The predicted molar refractivity (Wildman–Crippen MR) is 106 cm³/mol. The maximum absolute atomic E-state index is 12.2. The van der Waals surface area contributed by atoms with E-state index >= 15 is 0 Å². The fourth-order valence-corrected chi connectivity index (χ4v) is 2.75. The Hall–Kier alpha value is -3.48. The minimum Gasteiger partial charge on any atom is -0.346 e. The summed E-state index contributed by atoms with van der Waals surface area (Å²) in [5, 5.41) is 16.7. The number of hydrogen-bond acceptors (Lipinski definition) is 4. The molecular weight excluding hydrogens is 358 g/mol. The average molecular weight is 379 g/mol. The summed E-state index contributed by atoms with van der Waals surface area (Å²) in [4.78, 5) is 34.5. The van der Waals surface area contributed by atoms with E-state index in [4.69, 9.17) is 0 Å². The number of nitrogens with one attached hydrogen (secondary N) is 2. The molecule has 2 aromatic rings. The van der Waals surface area contributed by atoms with Crippen molar-refractivity contribution in [2.24, 2.45) is 5.92 Å². The zero-order chi connectivity index (χ0) is 20.1. The number of hydrogen-bond donors (Lipinski definition) is 2. The van der Waals surface area contributed by atoms with Crippen LogP contribution < -0.4 is 10.6 Å². The van der Waals surface area contributed by atoms with Crippen LogP contribution in [0.1, 0.15) is 36.9 Å². The first kappa shape index (κ1) is 19.3. The van der Waals surface area contributed by atoms with Crippen molar-refractivity contribution in [1.29, 1.82) is 0 Å². The zero-order valence-corrected chi connectivity index (χ0v) is 15.4. The quantitative estimate of drug-likeness (QED) is 0.433. The van der Waals surface area contributed by atoms with E-state index in [0.717, 1.165) is 24.1 Å². The first-order chi connectivity index (χ1) is 13.4. The molecule has 1 saturated carbocycles. The van der Waals surface area contributed by atoms with Crippen LogP contribution in [-0.2, 0) is 9.59 Å². The Morgan fingerprint density at radius 2 is 1.82 bits per heavy atom. The summed E-state index contributed by atoms with van der Waals surface area (Å²) in [6.45, 7) is 1.84. The summed E-state index contributed by atoms with van der Waals surface area (Å²) < 4.78 is 0. The Balaban J connectivity index is 1.58. The molecule has 2 aromatic carbocycles. The summed E-state index contributed by atoms with van der Waals surface area (Å²) >= 11 is 0. The molecule has 7 nitrogen and oxygen atoms in total. The number of rotatable bonds is 7. The maximum atomic E-state index is 12.2. The largest absolute Gasteiger partial charge is 0.346 e. The molecule has 3 rings (SSSR count). The first-order valence-electron chi connectivity index (χ1n) is 9.07. The molecule has 1 unspecified atom stereocenters.